The second-order valence-corrected chi connectivity index (χ2v) is 6.11. The number of hydrogen-bond acceptors (Lipinski definition) is 3. The number of benzene rings is 2. The number of hydrogen-bond donors (Lipinski definition) is 1. The zero-order chi connectivity index (χ0) is 16.9. The highest BCUT2D eigenvalue weighted by Crippen LogP contribution is 2.29. The molecule has 0 unspecified atom stereocenters. The largest absolute Gasteiger partial charge is 0.452 e. The third kappa shape index (κ3) is 3.65. The van der Waals surface area contributed by atoms with E-state index in [1.54, 1.807) is 6.92 Å². The fourth-order valence-corrected chi connectivity index (χ4v) is 2.66. The van der Waals surface area contributed by atoms with Crippen molar-refractivity contribution in [2.75, 3.05) is 5.32 Å². The SMILES string of the molecule is C[C@H](OC(=O)C1CCC1)C(=O)Nc1ccccc1-c1ccccc1. The first-order valence-electron chi connectivity index (χ1n) is 8.31. The predicted octanol–water partition coefficient (Wildman–Crippen LogP) is 4.02. The second kappa shape index (κ2) is 7.30. The number of esters is 1. The molecule has 3 rings (SSSR count). The molecular formula is C20H21NO3. The summed E-state index contributed by atoms with van der Waals surface area (Å²) in [6, 6.07) is 17.4. The minimum absolute atomic E-state index is 0.0307. The van der Waals surface area contributed by atoms with Crippen molar-refractivity contribution >= 4 is 17.6 Å². The summed E-state index contributed by atoms with van der Waals surface area (Å²) in [6.45, 7) is 1.61. The van der Waals surface area contributed by atoms with E-state index in [1.807, 2.05) is 54.6 Å². The summed E-state index contributed by atoms with van der Waals surface area (Å²) in [6.07, 6.45) is 1.99. The Kier molecular flexibility index (Phi) is 4.94. The highest BCUT2D eigenvalue weighted by atomic mass is 16.5. The molecule has 4 nitrogen and oxygen atoms in total. The van der Waals surface area contributed by atoms with Gasteiger partial charge in [0.1, 0.15) is 0 Å². The number of ether oxygens (including phenoxy) is 1. The van der Waals surface area contributed by atoms with Crippen LogP contribution in [0.15, 0.2) is 54.6 Å². The van der Waals surface area contributed by atoms with Gasteiger partial charge in [-0.2, -0.15) is 0 Å². The Labute approximate surface area is 141 Å². The number of carbonyl (C=O) groups is 2. The number of para-hydroxylation sites is 1. The Morgan fingerprint density at radius 3 is 2.38 bits per heavy atom. The van der Waals surface area contributed by atoms with Crippen molar-refractivity contribution < 1.29 is 14.3 Å². The summed E-state index contributed by atoms with van der Waals surface area (Å²) in [5.41, 5.74) is 2.66. The van der Waals surface area contributed by atoms with Crippen molar-refractivity contribution in [2.45, 2.75) is 32.3 Å². The van der Waals surface area contributed by atoms with E-state index in [9.17, 15) is 9.59 Å². The van der Waals surface area contributed by atoms with Crippen molar-refractivity contribution in [1.29, 1.82) is 0 Å². The lowest BCUT2D eigenvalue weighted by molar-refractivity contribution is -0.159. The van der Waals surface area contributed by atoms with Crippen LogP contribution in [0.2, 0.25) is 0 Å². The summed E-state index contributed by atoms with van der Waals surface area (Å²) in [4.78, 5) is 24.3. The van der Waals surface area contributed by atoms with E-state index in [1.165, 1.54) is 0 Å². The van der Waals surface area contributed by atoms with E-state index in [0.29, 0.717) is 5.69 Å². The maximum absolute atomic E-state index is 12.4. The van der Waals surface area contributed by atoms with Crippen LogP contribution in [0, 0.1) is 5.92 Å². The van der Waals surface area contributed by atoms with Crippen LogP contribution in [0.3, 0.4) is 0 Å². The Morgan fingerprint density at radius 1 is 1.04 bits per heavy atom. The van der Waals surface area contributed by atoms with Crippen LogP contribution >= 0.6 is 0 Å². The zero-order valence-corrected chi connectivity index (χ0v) is 13.7. The van der Waals surface area contributed by atoms with Crippen LogP contribution in [-0.4, -0.2) is 18.0 Å². The third-order valence-corrected chi connectivity index (χ3v) is 4.37. The molecule has 2 aromatic carbocycles. The number of carbonyl (C=O) groups excluding carboxylic acids is 2. The van der Waals surface area contributed by atoms with Gasteiger partial charge < -0.3 is 10.1 Å². The first-order valence-corrected chi connectivity index (χ1v) is 8.31. The van der Waals surface area contributed by atoms with E-state index >= 15 is 0 Å². The third-order valence-electron chi connectivity index (χ3n) is 4.37. The molecule has 0 aromatic heterocycles. The summed E-state index contributed by atoms with van der Waals surface area (Å²) in [5, 5.41) is 2.87. The Hall–Kier alpha value is -2.62. The van der Waals surface area contributed by atoms with Gasteiger partial charge >= 0.3 is 5.97 Å². The van der Waals surface area contributed by atoms with E-state index in [4.69, 9.17) is 4.74 Å². The molecular weight excluding hydrogens is 302 g/mol. The molecule has 1 N–H and O–H groups in total. The molecule has 2 aromatic rings. The van der Waals surface area contributed by atoms with Crippen molar-refractivity contribution in [3.8, 4) is 11.1 Å². The molecule has 0 heterocycles. The zero-order valence-electron chi connectivity index (χ0n) is 13.7. The lowest BCUT2D eigenvalue weighted by Crippen LogP contribution is -2.34. The van der Waals surface area contributed by atoms with Crippen LogP contribution in [0.1, 0.15) is 26.2 Å². The molecule has 0 radical (unpaired) electrons. The number of rotatable bonds is 5. The minimum Gasteiger partial charge on any atom is -0.452 e. The lowest BCUT2D eigenvalue weighted by atomic mass is 9.86. The maximum Gasteiger partial charge on any atom is 0.309 e. The minimum atomic E-state index is -0.804. The van der Waals surface area contributed by atoms with Crippen molar-refractivity contribution in [3.63, 3.8) is 0 Å². The summed E-state index contributed by atoms with van der Waals surface area (Å²) in [7, 11) is 0. The fourth-order valence-electron chi connectivity index (χ4n) is 2.66. The molecule has 4 heteroatoms. The molecule has 1 fully saturated rings. The average molecular weight is 323 g/mol. The monoisotopic (exact) mass is 323 g/mol. The first-order chi connectivity index (χ1) is 11.6. The molecule has 1 atom stereocenters. The average Bonchev–Trinajstić information content (AvgIpc) is 2.54. The number of anilines is 1. The van der Waals surface area contributed by atoms with Crippen LogP contribution in [0.4, 0.5) is 5.69 Å². The molecule has 0 saturated heterocycles. The van der Waals surface area contributed by atoms with Gasteiger partial charge in [0.2, 0.25) is 0 Å². The second-order valence-electron chi connectivity index (χ2n) is 6.11. The molecule has 1 aliphatic carbocycles. The summed E-state index contributed by atoms with van der Waals surface area (Å²) >= 11 is 0. The van der Waals surface area contributed by atoms with Crippen LogP contribution in [0.25, 0.3) is 11.1 Å². The van der Waals surface area contributed by atoms with Gasteiger partial charge in [-0.3, -0.25) is 9.59 Å². The first kappa shape index (κ1) is 16.2. The van der Waals surface area contributed by atoms with E-state index in [-0.39, 0.29) is 17.8 Å². The van der Waals surface area contributed by atoms with Gasteiger partial charge in [0.05, 0.1) is 5.92 Å². The number of nitrogens with one attached hydrogen (secondary N) is 1. The molecule has 124 valence electrons. The Balaban J connectivity index is 1.69. The van der Waals surface area contributed by atoms with Gasteiger partial charge in [-0.1, -0.05) is 55.0 Å². The highest BCUT2D eigenvalue weighted by molar-refractivity contribution is 5.98. The van der Waals surface area contributed by atoms with Gasteiger partial charge in [-0.05, 0) is 31.4 Å². The van der Waals surface area contributed by atoms with Gasteiger partial charge in [0.25, 0.3) is 5.91 Å². The molecule has 0 bridgehead atoms. The highest BCUT2D eigenvalue weighted by Gasteiger charge is 2.29. The molecule has 1 amide bonds. The fraction of sp³-hybridized carbons (Fsp3) is 0.300. The summed E-state index contributed by atoms with van der Waals surface area (Å²) in [5.74, 6) is -0.608. The molecule has 1 saturated carbocycles. The van der Waals surface area contributed by atoms with Crippen molar-refractivity contribution in [3.05, 3.63) is 54.6 Å². The normalized spacial score (nSPS) is 15.2. The molecule has 0 spiro atoms. The standard InChI is InChI=1S/C20H21NO3/c1-14(24-20(23)16-10-7-11-16)19(22)21-18-13-6-5-12-17(18)15-8-3-2-4-9-15/h2-6,8-9,12-14,16H,7,10-11H2,1H3,(H,21,22)/t14-/m0/s1. The summed E-state index contributed by atoms with van der Waals surface area (Å²) < 4.78 is 5.28. The van der Waals surface area contributed by atoms with E-state index in [2.05, 4.69) is 5.32 Å². The van der Waals surface area contributed by atoms with E-state index in [0.717, 1.165) is 30.4 Å². The smallest absolute Gasteiger partial charge is 0.309 e. The molecule has 1 aliphatic rings. The van der Waals surface area contributed by atoms with Crippen molar-refractivity contribution in [2.24, 2.45) is 5.92 Å². The molecule has 24 heavy (non-hydrogen) atoms. The Morgan fingerprint density at radius 2 is 1.71 bits per heavy atom. The van der Waals surface area contributed by atoms with Gasteiger partial charge in [-0.15, -0.1) is 0 Å². The quantitative estimate of drug-likeness (QED) is 0.845. The van der Waals surface area contributed by atoms with Gasteiger partial charge in [0, 0.05) is 11.3 Å². The van der Waals surface area contributed by atoms with Gasteiger partial charge in [-0.25, -0.2) is 0 Å². The maximum atomic E-state index is 12.4. The molecule has 0 aliphatic heterocycles. The van der Waals surface area contributed by atoms with Gasteiger partial charge in [0.15, 0.2) is 6.10 Å². The Bertz CT molecular complexity index is 723. The predicted molar refractivity (Wildman–Crippen MR) is 93.4 cm³/mol. The van der Waals surface area contributed by atoms with E-state index < -0.39 is 6.10 Å². The van der Waals surface area contributed by atoms with Crippen LogP contribution in [0.5, 0.6) is 0 Å². The lowest BCUT2D eigenvalue weighted by Gasteiger charge is -2.25. The topological polar surface area (TPSA) is 55.4 Å². The van der Waals surface area contributed by atoms with Crippen LogP contribution in [-0.2, 0) is 14.3 Å². The number of amides is 1. The van der Waals surface area contributed by atoms with Crippen LogP contribution < -0.4 is 5.32 Å². The van der Waals surface area contributed by atoms with Crippen molar-refractivity contribution in [1.82, 2.24) is 0 Å².